The molecule has 2 aliphatic rings. The summed E-state index contributed by atoms with van der Waals surface area (Å²) in [6, 6.07) is 10.4. The second-order valence-electron chi connectivity index (χ2n) is 8.65. The molecular formula is C25H32N2O4. The van der Waals surface area contributed by atoms with Crippen molar-refractivity contribution in [2.75, 3.05) is 7.11 Å². The van der Waals surface area contributed by atoms with Crippen LogP contribution in [0.25, 0.3) is 0 Å². The third kappa shape index (κ3) is 4.94. The lowest BCUT2D eigenvalue weighted by molar-refractivity contribution is -0.127. The van der Waals surface area contributed by atoms with Crippen LogP contribution in [0.1, 0.15) is 79.9 Å². The zero-order valence-electron chi connectivity index (χ0n) is 18.2. The zero-order chi connectivity index (χ0) is 21.6. The zero-order valence-corrected chi connectivity index (χ0v) is 18.2. The van der Waals surface area contributed by atoms with E-state index in [9.17, 15) is 9.59 Å². The van der Waals surface area contributed by atoms with Gasteiger partial charge < -0.3 is 19.4 Å². The van der Waals surface area contributed by atoms with E-state index < -0.39 is 6.04 Å². The molecule has 1 aromatic heterocycles. The molecular weight excluding hydrogens is 392 g/mol. The van der Waals surface area contributed by atoms with E-state index in [2.05, 4.69) is 5.32 Å². The minimum atomic E-state index is -0.702. The average molecular weight is 425 g/mol. The molecule has 6 heteroatoms. The van der Waals surface area contributed by atoms with Crippen LogP contribution in [0.4, 0.5) is 0 Å². The predicted octanol–water partition coefficient (Wildman–Crippen LogP) is 4.86. The summed E-state index contributed by atoms with van der Waals surface area (Å²) in [4.78, 5) is 29.0. The van der Waals surface area contributed by atoms with Crippen molar-refractivity contribution in [3.05, 3.63) is 54.0 Å². The summed E-state index contributed by atoms with van der Waals surface area (Å²) < 4.78 is 10.8. The number of hydrogen-bond donors (Lipinski definition) is 1. The van der Waals surface area contributed by atoms with Crippen molar-refractivity contribution in [1.82, 2.24) is 10.2 Å². The van der Waals surface area contributed by atoms with Crippen LogP contribution >= 0.6 is 0 Å². The molecule has 0 radical (unpaired) electrons. The van der Waals surface area contributed by atoms with Gasteiger partial charge in [-0.25, -0.2) is 0 Å². The van der Waals surface area contributed by atoms with Gasteiger partial charge in [-0.15, -0.1) is 0 Å². The Morgan fingerprint density at radius 1 is 1.00 bits per heavy atom. The molecule has 2 aromatic rings. The fourth-order valence-corrected chi connectivity index (χ4v) is 4.96. The summed E-state index contributed by atoms with van der Waals surface area (Å²) in [6.45, 7) is 0. The van der Waals surface area contributed by atoms with Gasteiger partial charge in [0.15, 0.2) is 5.76 Å². The molecule has 2 saturated carbocycles. The lowest BCUT2D eigenvalue weighted by Crippen LogP contribution is -2.50. The van der Waals surface area contributed by atoms with E-state index >= 15 is 0 Å². The highest BCUT2D eigenvalue weighted by Crippen LogP contribution is 2.33. The van der Waals surface area contributed by atoms with Crippen molar-refractivity contribution in [3.8, 4) is 5.75 Å². The molecule has 0 saturated heterocycles. The summed E-state index contributed by atoms with van der Waals surface area (Å²) >= 11 is 0. The maximum Gasteiger partial charge on any atom is 0.290 e. The quantitative estimate of drug-likeness (QED) is 0.689. The number of carbonyl (C=O) groups is 2. The average Bonchev–Trinajstić information content (AvgIpc) is 3.52. The standard InChI is InChI=1S/C25H32N2O4/c1-30-21-15-13-18(14-16-21)23(24(28)26-19-8-5-6-9-19)27(20-10-3-2-4-11-20)25(29)22-12-7-17-31-22/h7,12-17,19-20,23H,2-6,8-11H2,1H3,(H,26,28)/t23-/m0/s1. The number of benzene rings is 1. The van der Waals surface area contributed by atoms with Gasteiger partial charge in [0.2, 0.25) is 5.91 Å². The van der Waals surface area contributed by atoms with E-state index in [1.165, 1.54) is 12.7 Å². The van der Waals surface area contributed by atoms with Crippen LogP contribution in [0.2, 0.25) is 0 Å². The Labute approximate surface area is 183 Å². The van der Waals surface area contributed by atoms with E-state index in [1.807, 2.05) is 24.3 Å². The molecule has 1 N–H and O–H groups in total. The first-order valence-electron chi connectivity index (χ1n) is 11.5. The molecule has 166 valence electrons. The SMILES string of the molecule is COc1ccc([C@@H](C(=O)NC2CCCC2)N(C(=O)c2ccco2)C2CCCCC2)cc1. The first-order chi connectivity index (χ1) is 15.2. The normalized spacial score (nSPS) is 18.5. The molecule has 0 unspecified atom stereocenters. The fraction of sp³-hybridized carbons (Fsp3) is 0.520. The van der Waals surface area contributed by atoms with Crippen LogP contribution in [0.15, 0.2) is 47.1 Å². The highest BCUT2D eigenvalue weighted by Gasteiger charge is 2.39. The smallest absolute Gasteiger partial charge is 0.290 e. The van der Waals surface area contributed by atoms with E-state index in [1.54, 1.807) is 24.1 Å². The number of carbonyl (C=O) groups excluding carboxylic acids is 2. The molecule has 1 heterocycles. The Balaban J connectivity index is 1.71. The van der Waals surface area contributed by atoms with Gasteiger partial charge in [-0.05, 0) is 55.5 Å². The van der Waals surface area contributed by atoms with Gasteiger partial charge in [0, 0.05) is 12.1 Å². The highest BCUT2D eigenvalue weighted by atomic mass is 16.5. The Bertz CT molecular complexity index is 850. The summed E-state index contributed by atoms with van der Waals surface area (Å²) in [5.41, 5.74) is 0.793. The monoisotopic (exact) mass is 424 g/mol. The topological polar surface area (TPSA) is 71.8 Å². The third-order valence-corrected chi connectivity index (χ3v) is 6.59. The number of nitrogens with zero attached hydrogens (tertiary/aromatic N) is 1. The number of hydrogen-bond acceptors (Lipinski definition) is 4. The van der Waals surface area contributed by atoms with Gasteiger partial charge in [0.1, 0.15) is 11.8 Å². The second-order valence-corrected chi connectivity index (χ2v) is 8.65. The van der Waals surface area contributed by atoms with Crippen molar-refractivity contribution in [2.45, 2.75) is 75.9 Å². The first-order valence-corrected chi connectivity index (χ1v) is 11.5. The van der Waals surface area contributed by atoms with Crippen LogP contribution in [-0.2, 0) is 4.79 Å². The summed E-state index contributed by atoms with van der Waals surface area (Å²) in [5.74, 6) is 0.667. The molecule has 4 rings (SSSR count). The van der Waals surface area contributed by atoms with Gasteiger partial charge in [-0.3, -0.25) is 9.59 Å². The van der Waals surface area contributed by atoms with Crippen LogP contribution in [-0.4, -0.2) is 35.9 Å². The number of amides is 2. The minimum absolute atomic E-state index is 0.00720. The fourth-order valence-electron chi connectivity index (χ4n) is 4.96. The number of furan rings is 1. The van der Waals surface area contributed by atoms with Crippen LogP contribution in [0.5, 0.6) is 5.75 Å². The Morgan fingerprint density at radius 2 is 1.68 bits per heavy atom. The predicted molar refractivity (Wildman–Crippen MR) is 118 cm³/mol. The molecule has 0 aliphatic heterocycles. The number of ether oxygens (including phenoxy) is 1. The second kappa shape index (κ2) is 10.0. The molecule has 1 atom stereocenters. The largest absolute Gasteiger partial charge is 0.497 e. The summed E-state index contributed by atoms with van der Waals surface area (Å²) in [7, 11) is 1.62. The van der Waals surface area contributed by atoms with E-state index in [0.29, 0.717) is 0 Å². The molecule has 6 nitrogen and oxygen atoms in total. The molecule has 0 spiro atoms. The van der Waals surface area contributed by atoms with E-state index in [0.717, 1.165) is 62.7 Å². The molecule has 1 aromatic carbocycles. The van der Waals surface area contributed by atoms with Crippen molar-refractivity contribution >= 4 is 11.8 Å². The molecule has 2 fully saturated rings. The van der Waals surface area contributed by atoms with Crippen molar-refractivity contribution in [1.29, 1.82) is 0 Å². The third-order valence-electron chi connectivity index (χ3n) is 6.59. The molecule has 31 heavy (non-hydrogen) atoms. The molecule has 2 aliphatic carbocycles. The van der Waals surface area contributed by atoms with Crippen molar-refractivity contribution in [2.24, 2.45) is 0 Å². The maximum absolute atomic E-state index is 13.6. The highest BCUT2D eigenvalue weighted by molar-refractivity contribution is 5.96. The number of methoxy groups -OCH3 is 1. The number of rotatable bonds is 7. The summed E-state index contributed by atoms with van der Waals surface area (Å²) in [6.07, 6.45) is 10.9. The summed E-state index contributed by atoms with van der Waals surface area (Å²) in [5, 5.41) is 3.23. The molecule has 2 amide bonds. The van der Waals surface area contributed by atoms with Crippen LogP contribution in [0, 0.1) is 0 Å². The van der Waals surface area contributed by atoms with Gasteiger partial charge in [0.05, 0.1) is 13.4 Å². The van der Waals surface area contributed by atoms with Crippen LogP contribution in [0.3, 0.4) is 0 Å². The van der Waals surface area contributed by atoms with Crippen molar-refractivity contribution in [3.63, 3.8) is 0 Å². The van der Waals surface area contributed by atoms with E-state index in [4.69, 9.17) is 9.15 Å². The maximum atomic E-state index is 13.6. The number of nitrogens with one attached hydrogen (secondary N) is 1. The minimum Gasteiger partial charge on any atom is -0.497 e. The lowest BCUT2D eigenvalue weighted by Gasteiger charge is -2.39. The van der Waals surface area contributed by atoms with Gasteiger partial charge in [-0.1, -0.05) is 44.2 Å². The molecule has 0 bridgehead atoms. The Hall–Kier alpha value is -2.76. The van der Waals surface area contributed by atoms with Crippen molar-refractivity contribution < 1.29 is 18.7 Å². The van der Waals surface area contributed by atoms with Gasteiger partial charge >= 0.3 is 0 Å². The Morgan fingerprint density at radius 3 is 2.29 bits per heavy atom. The first kappa shape index (κ1) is 21.5. The van der Waals surface area contributed by atoms with Gasteiger partial charge in [-0.2, -0.15) is 0 Å². The Kier molecular flexibility index (Phi) is 6.95. The van der Waals surface area contributed by atoms with Crippen LogP contribution < -0.4 is 10.1 Å². The lowest BCUT2D eigenvalue weighted by atomic mass is 9.91. The van der Waals surface area contributed by atoms with E-state index in [-0.39, 0.29) is 29.7 Å². The van der Waals surface area contributed by atoms with Gasteiger partial charge in [0.25, 0.3) is 5.91 Å².